The van der Waals surface area contributed by atoms with Crippen molar-refractivity contribution in [3.8, 4) is 11.7 Å². The van der Waals surface area contributed by atoms with Gasteiger partial charge >= 0.3 is 12.2 Å². The lowest BCUT2D eigenvalue weighted by Gasteiger charge is -2.07. The molecule has 0 saturated carbocycles. The first kappa shape index (κ1) is 16.2. The zero-order valence-corrected chi connectivity index (χ0v) is 13.2. The van der Waals surface area contributed by atoms with Gasteiger partial charge in [-0.1, -0.05) is 11.2 Å². The van der Waals surface area contributed by atoms with Gasteiger partial charge in [0.25, 0.3) is 11.8 Å². The van der Waals surface area contributed by atoms with Gasteiger partial charge in [-0.05, 0) is 46.3 Å². The highest BCUT2D eigenvalue weighted by Gasteiger charge is 2.31. The summed E-state index contributed by atoms with van der Waals surface area (Å²) < 4.78 is 48.8. The molecule has 0 aliphatic rings. The van der Waals surface area contributed by atoms with Crippen molar-refractivity contribution in [3.05, 3.63) is 52.2 Å². The van der Waals surface area contributed by atoms with E-state index in [1.54, 1.807) is 12.1 Å². The van der Waals surface area contributed by atoms with E-state index in [-0.39, 0.29) is 23.2 Å². The van der Waals surface area contributed by atoms with Crippen molar-refractivity contribution in [1.82, 2.24) is 10.2 Å². The normalized spacial score (nSPS) is 11.5. The van der Waals surface area contributed by atoms with Crippen molar-refractivity contribution >= 4 is 27.9 Å². The van der Waals surface area contributed by atoms with Crippen molar-refractivity contribution in [1.29, 1.82) is 0 Å². The monoisotopic (exact) mass is 401 g/mol. The summed E-state index contributed by atoms with van der Waals surface area (Å²) in [4.78, 5) is 12.0. The number of nitrogens with one attached hydrogen (secondary N) is 1. The Labute approximate surface area is 140 Å². The number of alkyl halides is 3. The van der Waals surface area contributed by atoms with E-state index in [4.69, 9.17) is 8.83 Å². The van der Waals surface area contributed by atoms with E-state index in [0.29, 0.717) is 4.67 Å². The van der Waals surface area contributed by atoms with Crippen molar-refractivity contribution in [2.75, 3.05) is 5.32 Å². The zero-order valence-electron chi connectivity index (χ0n) is 11.6. The molecule has 0 aliphatic carbocycles. The predicted octanol–water partition coefficient (Wildman–Crippen LogP) is 4.36. The Bertz CT molecular complexity index is 889. The lowest BCUT2D eigenvalue weighted by molar-refractivity contribution is -0.137. The first-order chi connectivity index (χ1) is 11.3. The van der Waals surface area contributed by atoms with E-state index < -0.39 is 17.6 Å². The second-order valence-corrected chi connectivity index (χ2v) is 5.33. The second kappa shape index (κ2) is 6.11. The summed E-state index contributed by atoms with van der Waals surface area (Å²) in [5, 5.41) is 9.50. The molecule has 0 fully saturated rings. The Morgan fingerprint density at radius 1 is 1.12 bits per heavy atom. The van der Waals surface area contributed by atoms with Crippen molar-refractivity contribution in [3.63, 3.8) is 0 Å². The molecule has 0 aliphatic heterocycles. The molecule has 1 amide bonds. The maximum Gasteiger partial charge on any atom is 0.416 e. The molecule has 2 heterocycles. The number of hydrogen-bond acceptors (Lipinski definition) is 5. The van der Waals surface area contributed by atoms with E-state index in [0.717, 1.165) is 18.2 Å². The molecule has 3 rings (SSSR count). The fourth-order valence-corrected chi connectivity index (χ4v) is 2.12. The van der Waals surface area contributed by atoms with Crippen LogP contribution in [-0.2, 0) is 6.18 Å². The number of benzene rings is 1. The topological polar surface area (TPSA) is 81.2 Å². The zero-order chi connectivity index (χ0) is 17.3. The van der Waals surface area contributed by atoms with E-state index in [2.05, 4.69) is 31.4 Å². The molecule has 0 atom stereocenters. The summed E-state index contributed by atoms with van der Waals surface area (Å²) in [5.74, 6) is -0.522. The quantitative estimate of drug-likeness (QED) is 0.704. The molecule has 2 aromatic heterocycles. The number of aromatic nitrogens is 2. The molecule has 0 unspecified atom stereocenters. The van der Waals surface area contributed by atoms with E-state index in [1.165, 1.54) is 6.07 Å². The Balaban J connectivity index is 1.77. The molecule has 3 aromatic rings. The minimum absolute atomic E-state index is 0.0139. The number of carbonyl (C=O) groups is 1. The van der Waals surface area contributed by atoms with Crippen LogP contribution in [0.4, 0.5) is 19.2 Å². The van der Waals surface area contributed by atoms with Gasteiger partial charge in [0.15, 0.2) is 10.4 Å². The molecule has 1 aromatic carbocycles. The summed E-state index contributed by atoms with van der Waals surface area (Å²) in [5.41, 5.74) is -1.12. The number of hydrogen-bond donors (Lipinski definition) is 1. The van der Waals surface area contributed by atoms with E-state index in [1.807, 2.05) is 0 Å². The van der Waals surface area contributed by atoms with Gasteiger partial charge in [-0.15, -0.1) is 5.10 Å². The van der Waals surface area contributed by atoms with Crippen LogP contribution in [0.5, 0.6) is 0 Å². The molecule has 24 heavy (non-hydrogen) atoms. The van der Waals surface area contributed by atoms with Gasteiger partial charge in [0, 0.05) is 5.56 Å². The van der Waals surface area contributed by atoms with Gasteiger partial charge in [-0.3, -0.25) is 10.1 Å². The molecular formula is C14H7BrF3N3O3. The fourth-order valence-electron chi connectivity index (χ4n) is 1.81. The second-order valence-electron chi connectivity index (χ2n) is 4.55. The molecule has 1 N–H and O–H groups in total. The van der Waals surface area contributed by atoms with Gasteiger partial charge < -0.3 is 8.83 Å². The van der Waals surface area contributed by atoms with Crippen LogP contribution in [0.2, 0.25) is 0 Å². The number of rotatable bonds is 3. The predicted molar refractivity (Wildman–Crippen MR) is 79.1 cm³/mol. The third-order valence-corrected chi connectivity index (χ3v) is 3.31. The lowest BCUT2D eigenvalue weighted by Crippen LogP contribution is -2.14. The van der Waals surface area contributed by atoms with Crippen molar-refractivity contribution in [2.24, 2.45) is 0 Å². The maximum atomic E-state index is 12.7. The molecule has 0 spiro atoms. The number of halogens is 4. The van der Waals surface area contributed by atoms with Crippen LogP contribution in [0.15, 0.2) is 49.9 Å². The molecule has 10 heteroatoms. The van der Waals surface area contributed by atoms with Crippen LogP contribution in [0.25, 0.3) is 11.7 Å². The average Bonchev–Trinajstić information content (AvgIpc) is 3.15. The van der Waals surface area contributed by atoms with Crippen molar-refractivity contribution in [2.45, 2.75) is 6.18 Å². The van der Waals surface area contributed by atoms with Crippen LogP contribution in [0.1, 0.15) is 15.9 Å². The number of amides is 1. The van der Waals surface area contributed by atoms with Crippen LogP contribution in [0, 0.1) is 0 Å². The highest BCUT2D eigenvalue weighted by molar-refractivity contribution is 9.10. The third-order valence-electron chi connectivity index (χ3n) is 2.88. The fraction of sp³-hybridized carbons (Fsp3) is 0.0714. The highest BCUT2D eigenvalue weighted by Crippen LogP contribution is 2.30. The molecule has 0 bridgehead atoms. The van der Waals surface area contributed by atoms with E-state index in [9.17, 15) is 18.0 Å². The molecule has 0 saturated heterocycles. The number of carbonyl (C=O) groups excluding carboxylic acids is 1. The van der Waals surface area contributed by atoms with Crippen LogP contribution in [0.3, 0.4) is 0 Å². The Hall–Kier alpha value is -2.62. The largest absolute Gasteiger partial charge is 0.444 e. The minimum Gasteiger partial charge on any atom is -0.444 e. The number of nitrogens with zero attached hydrogens (tertiary/aromatic N) is 2. The first-order valence-corrected chi connectivity index (χ1v) is 7.20. The van der Waals surface area contributed by atoms with E-state index >= 15 is 0 Å². The van der Waals surface area contributed by atoms with Gasteiger partial charge in [0.1, 0.15) is 0 Å². The van der Waals surface area contributed by atoms with Crippen LogP contribution >= 0.6 is 15.9 Å². The summed E-state index contributed by atoms with van der Waals surface area (Å²) >= 11 is 3.11. The first-order valence-electron chi connectivity index (χ1n) is 6.41. The average molecular weight is 402 g/mol. The lowest BCUT2D eigenvalue weighted by atomic mass is 10.1. The summed E-state index contributed by atoms with van der Waals surface area (Å²) in [6.45, 7) is 0. The van der Waals surface area contributed by atoms with Crippen LogP contribution in [-0.4, -0.2) is 16.1 Å². The van der Waals surface area contributed by atoms with Gasteiger partial charge in [0.05, 0.1) is 5.56 Å². The third kappa shape index (κ3) is 3.48. The Morgan fingerprint density at radius 3 is 2.58 bits per heavy atom. The number of anilines is 1. The SMILES string of the molecule is O=C(Nc1nnc(-c2ccc(Br)o2)o1)c1cccc(C(F)(F)F)c1. The smallest absolute Gasteiger partial charge is 0.416 e. The Kier molecular flexibility index (Phi) is 4.14. The minimum atomic E-state index is -4.54. The van der Waals surface area contributed by atoms with Gasteiger partial charge in [-0.25, -0.2) is 0 Å². The molecule has 124 valence electrons. The summed E-state index contributed by atoms with van der Waals surface area (Å²) in [6, 6.07) is 6.89. The summed E-state index contributed by atoms with van der Waals surface area (Å²) in [6.07, 6.45) is -4.54. The van der Waals surface area contributed by atoms with Crippen molar-refractivity contribution < 1.29 is 26.8 Å². The number of furan rings is 1. The molecule has 6 nitrogen and oxygen atoms in total. The molecule has 0 radical (unpaired) electrons. The van der Waals surface area contributed by atoms with Crippen LogP contribution < -0.4 is 5.32 Å². The summed E-state index contributed by atoms with van der Waals surface area (Å²) in [7, 11) is 0. The maximum absolute atomic E-state index is 12.7. The highest BCUT2D eigenvalue weighted by atomic mass is 79.9. The van der Waals surface area contributed by atoms with Gasteiger partial charge in [-0.2, -0.15) is 13.2 Å². The van der Waals surface area contributed by atoms with Gasteiger partial charge in [0.2, 0.25) is 0 Å². The standard InChI is InChI=1S/C14H7BrF3N3O3/c15-10-5-4-9(23-10)12-20-21-13(24-12)19-11(22)7-2-1-3-8(6-7)14(16,17)18/h1-6H,(H,19,21,22). The Morgan fingerprint density at radius 2 is 1.92 bits per heavy atom. The molecular weight excluding hydrogens is 395 g/mol.